The second-order valence-corrected chi connectivity index (χ2v) is 8.75. The fraction of sp³-hybridized carbons (Fsp3) is 0.435. The zero-order valence-electron chi connectivity index (χ0n) is 18.0. The molecule has 3 N–H and O–H groups in total. The van der Waals surface area contributed by atoms with Crippen molar-refractivity contribution in [1.29, 1.82) is 0 Å². The number of nitrogens with one attached hydrogen (secondary N) is 3. The Balaban J connectivity index is 1.32. The third-order valence-electron chi connectivity index (χ3n) is 6.43. The van der Waals surface area contributed by atoms with Gasteiger partial charge < -0.3 is 20.5 Å². The smallest absolute Gasteiger partial charge is 0.317 e. The van der Waals surface area contributed by atoms with Crippen LogP contribution in [0.2, 0.25) is 0 Å². The number of rotatable bonds is 4. The van der Waals surface area contributed by atoms with E-state index < -0.39 is 17.5 Å². The van der Waals surface area contributed by atoms with Crippen molar-refractivity contribution < 1.29 is 18.0 Å². The summed E-state index contributed by atoms with van der Waals surface area (Å²) in [5, 5.41) is 6.53. The zero-order chi connectivity index (χ0) is 22.9. The van der Waals surface area contributed by atoms with Crippen molar-refractivity contribution in [3.8, 4) is 11.4 Å². The van der Waals surface area contributed by atoms with Gasteiger partial charge in [-0.2, -0.15) is 0 Å². The normalized spacial score (nSPS) is 20.9. The van der Waals surface area contributed by atoms with Gasteiger partial charge in [-0.15, -0.1) is 0 Å². The highest BCUT2D eigenvalue weighted by Gasteiger charge is 2.27. The molecule has 0 spiro atoms. The van der Waals surface area contributed by atoms with E-state index in [1.807, 2.05) is 4.90 Å². The number of amides is 2. The zero-order valence-corrected chi connectivity index (χ0v) is 18.0. The minimum Gasteiger partial charge on any atom is -0.365 e. The highest BCUT2D eigenvalue weighted by atomic mass is 19.1. The molecule has 7 nitrogen and oxygen atoms in total. The monoisotopic (exact) mass is 458 g/mol. The van der Waals surface area contributed by atoms with Crippen molar-refractivity contribution in [2.24, 2.45) is 0 Å². The van der Waals surface area contributed by atoms with Gasteiger partial charge in [-0.25, -0.2) is 27.9 Å². The number of aromatic nitrogens is 3. The predicted octanol–water partition coefficient (Wildman–Crippen LogP) is 4.57. The first-order chi connectivity index (χ1) is 16.0. The number of hydrogen-bond acceptors (Lipinski definition) is 4. The largest absolute Gasteiger partial charge is 0.365 e. The number of urea groups is 1. The van der Waals surface area contributed by atoms with Gasteiger partial charge >= 0.3 is 6.03 Å². The Morgan fingerprint density at radius 1 is 1.06 bits per heavy atom. The molecule has 1 saturated carbocycles. The van der Waals surface area contributed by atoms with Crippen LogP contribution in [-0.2, 0) is 0 Å². The minimum absolute atomic E-state index is 0.00767. The van der Waals surface area contributed by atoms with Crippen molar-refractivity contribution in [3.05, 3.63) is 42.0 Å². The van der Waals surface area contributed by atoms with Crippen LogP contribution in [0.3, 0.4) is 0 Å². The standard InChI is InChI=1S/C23H25F3N6O/c24-13-8-16-17(11-27-20(16)18(25)9-13)21-28-12-19(26)22(31-21)29-14-4-3-5-15(10-14)30-23(33)32-6-1-2-7-32/h8-9,11-12,14-15,27H,1-7,10H2,(H,30,33)(H,28,29,31). The van der Waals surface area contributed by atoms with E-state index >= 15 is 0 Å². The number of fused-ring (bicyclic) bond motifs is 1. The van der Waals surface area contributed by atoms with Gasteiger partial charge in [-0.05, 0) is 44.6 Å². The molecule has 1 aliphatic heterocycles. The number of carbonyl (C=O) groups is 1. The van der Waals surface area contributed by atoms with Gasteiger partial charge in [0.15, 0.2) is 17.5 Å². The molecule has 174 valence electrons. The number of anilines is 1. The SMILES string of the molecule is O=C(NC1CCCC(Nc2nc(-c3c[nH]c4c(F)cc(F)cc34)ncc2F)C1)N1CCCC1. The average Bonchev–Trinajstić information content (AvgIpc) is 3.46. The molecule has 0 bridgehead atoms. The van der Waals surface area contributed by atoms with Gasteiger partial charge in [0, 0.05) is 48.4 Å². The second kappa shape index (κ2) is 8.92. The van der Waals surface area contributed by atoms with Crippen molar-refractivity contribution in [1.82, 2.24) is 25.2 Å². The Morgan fingerprint density at radius 3 is 2.67 bits per heavy atom. The first-order valence-corrected chi connectivity index (χ1v) is 11.3. The van der Waals surface area contributed by atoms with Gasteiger partial charge in [-0.1, -0.05) is 0 Å². The van der Waals surface area contributed by atoms with E-state index in [2.05, 4.69) is 25.6 Å². The molecule has 2 amide bonds. The van der Waals surface area contributed by atoms with E-state index in [9.17, 15) is 18.0 Å². The molecule has 33 heavy (non-hydrogen) atoms. The number of aromatic amines is 1. The molecule has 1 aliphatic carbocycles. The summed E-state index contributed by atoms with van der Waals surface area (Å²) in [5.74, 6) is -1.86. The summed E-state index contributed by atoms with van der Waals surface area (Å²) in [7, 11) is 0. The summed E-state index contributed by atoms with van der Waals surface area (Å²) in [5.41, 5.74) is 0.517. The van der Waals surface area contributed by atoms with E-state index in [4.69, 9.17) is 0 Å². The van der Waals surface area contributed by atoms with E-state index in [0.29, 0.717) is 12.0 Å². The van der Waals surface area contributed by atoms with Crippen molar-refractivity contribution in [3.63, 3.8) is 0 Å². The average molecular weight is 458 g/mol. The molecule has 3 heterocycles. The van der Waals surface area contributed by atoms with Crippen LogP contribution in [0, 0.1) is 17.5 Å². The molecule has 2 atom stereocenters. The number of carbonyl (C=O) groups excluding carboxylic acids is 1. The van der Waals surface area contributed by atoms with Gasteiger partial charge in [-0.3, -0.25) is 0 Å². The molecule has 2 fully saturated rings. The topological polar surface area (TPSA) is 85.9 Å². The number of benzene rings is 1. The fourth-order valence-corrected chi connectivity index (χ4v) is 4.77. The maximum absolute atomic E-state index is 14.5. The number of H-pyrrole nitrogens is 1. The van der Waals surface area contributed by atoms with Crippen molar-refractivity contribution >= 4 is 22.8 Å². The molecule has 1 aromatic carbocycles. The Morgan fingerprint density at radius 2 is 1.85 bits per heavy atom. The molecule has 2 aliphatic rings. The number of halogens is 3. The van der Waals surface area contributed by atoms with E-state index in [1.165, 1.54) is 12.3 Å². The lowest BCUT2D eigenvalue weighted by atomic mass is 9.91. The Bertz CT molecular complexity index is 1180. The van der Waals surface area contributed by atoms with Crippen molar-refractivity contribution in [2.45, 2.75) is 50.6 Å². The number of hydrogen-bond donors (Lipinski definition) is 3. The van der Waals surface area contributed by atoms with Gasteiger partial charge in [0.25, 0.3) is 0 Å². The van der Waals surface area contributed by atoms with Gasteiger partial charge in [0.1, 0.15) is 11.6 Å². The Hall–Kier alpha value is -3.30. The van der Waals surface area contributed by atoms with E-state index in [-0.39, 0.29) is 40.7 Å². The van der Waals surface area contributed by atoms with Crippen LogP contribution in [0.25, 0.3) is 22.3 Å². The lowest BCUT2D eigenvalue weighted by Crippen LogP contribution is -2.47. The number of likely N-dealkylation sites (tertiary alicyclic amines) is 1. The summed E-state index contributed by atoms with van der Waals surface area (Å²) in [6, 6.07) is 1.89. The Labute approximate surface area is 188 Å². The summed E-state index contributed by atoms with van der Waals surface area (Å²) in [4.78, 5) is 25.4. The molecule has 10 heteroatoms. The fourth-order valence-electron chi connectivity index (χ4n) is 4.77. The molecule has 2 aromatic heterocycles. The highest BCUT2D eigenvalue weighted by molar-refractivity contribution is 5.94. The van der Waals surface area contributed by atoms with Crippen LogP contribution in [0.1, 0.15) is 38.5 Å². The summed E-state index contributed by atoms with van der Waals surface area (Å²) >= 11 is 0. The van der Waals surface area contributed by atoms with Gasteiger partial charge in [0.2, 0.25) is 0 Å². The lowest BCUT2D eigenvalue weighted by Gasteiger charge is -2.32. The first-order valence-electron chi connectivity index (χ1n) is 11.3. The maximum atomic E-state index is 14.5. The third-order valence-corrected chi connectivity index (χ3v) is 6.43. The molecule has 5 rings (SSSR count). The quantitative estimate of drug-likeness (QED) is 0.535. The summed E-state index contributed by atoms with van der Waals surface area (Å²) in [6.07, 6.45) is 7.84. The van der Waals surface area contributed by atoms with Gasteiger partial charge in [0.05, 0.1) is 11.7 Å². The first kappa shape index (κ1) is 21.5. The summed E-state index contributed by atoms with van der Waals surface area (Å²) in [6.45, 7) is 1.58. The highest BCUT2D eigenvalue weighted by Crippen LogP contribution is 2.30. The summed E-state index contributed by atoms with van der Waals surface area (Å²) < 4.78 is 42.3. The molecular weight excluding hydrogens is 433 g/mol. The van der Waals surface area contributed by atoms with Crippen LogP contribution in [0.4, 0.5) is 23.8 Å². The number of nitrogens with zero attached hydrogens (tertiary/aromatic N) is 3. The van der Waals surface area contributed by atoms with Crippen molar-refractivity contribution in [2.75, 3.05) is 18.4 Å². The minimum atomic E-state index is -0.721. The molecule has 1 saturated heterocycles. The Kier molecular flexibility index (Phi) is 5.82. The maximum Gasteiger partial charge on any atom is 0.317 e. The molecule has 3 aromatic rings. The van der Waals surface area contributed by atoms with E-state index in [1.54, 1.807) is 0 Å². The molecule has 0 radical (unpaired) electrons. The van der Waals surface area contributed by atoms with E-state index in [0.717, 1.165) is 57.5 Å². The third kappa shape index (κ3) is 4.46. The van der Waals surface area contributed by atoms with Crippen LogP contribution in [-0.4, -0.2) is 51.1 Å². The van der Waals surface area contributed by atoms with Crippen LogP contribution in [0.15, 0.2) is 24.5 Å². The van der Waals surface area contributed by atoms with Crippen LogP contribution >= 0.6 is 0 Å². The molecular formula is C23H25F3N6O. The second-order valence-electron chi connectivity index (χ2n) is 8.75. The van der Waals surface area contributed by atoms with Crippen LogP contribution in [0.5, 0.6) is 0 Å². The predicted molar refractivity (Wildman–Crippen MR) is 118 cm³/mol. The lowest BCUT2D eigenvalue weighted by molar-refractivity contribution is 0.199. The van der Waals surface area contributed by atoms with Crippen LogP contribution < -0.4 is 10.6 Å². The molecule has 2 unspecified atom stereocenters.